The molecule has 0 aromatic carbocycles. The van der Waals surface area contributed by atoms with E-state index in [1.54, 1.807) is 7.11 Å². The minimum absolute atomic E-state index is 0.0249. The van der Waals surface area contributed by atoms with Crippen molar-refractivity contribution in [3.05, 3.63) is 0 Å². The third kappa shape index (κ3) is 2.97. The Kier molecular flexibility index (Phi) is 4.18. The van der Waals surface area contributed by atoms with Crippen molar-refractivity contribution in [3.63, 3.8) is 0 Å². The van der Waals surface area contributed by atoms with Crippen LogP contribution in [0.2, 0.25) is 0 Å². The van der Waals surface area contributed by atoms with E-state index in [9.17, 15) is 4.79 Å². The van der Waals surface area contributed by atoms with Gasteiger partial charge in [0.1, 0.15) is 6.61 Å². The molecule has 76 valence electrons. The molecule has 4 heteroatoms. The zero-order valence-electron chi connectivity index (χ0n) is 8.21. The van der Waals surface area contributed by atoms with Crippen molar-refractivity contribution in [1.82, 2.24) is 5.32 Å². The van der Waals surface area contributed by atoms with Gasteiger partial charge in [-0.3, -0.25) is 4.79 Å². The zero-order chi connectivity index (χ0) is 9.68. The molecule has 1 heterocycles. The molecular formula is C9H17NO3. The average molecular weight is 187 g/mol. The van der Waals surface area contributed by atoms with Gasteiger partial charge < -0.3 is 14.8 Å². The molecule has 0 amide bonds. The van der Waals surface area contributed by atoms with Gasteiger partial charge in [-0.1, -0.05) is 6.92 Å². The van der Waals surface area contributed by atoms with Crippen molar-refractivity contribution in [2.75, 3.05) is 33.4 Å². The zero-order valence-corrected chi connectivity index (χ0v) is 8.21. The Balaban J connectivity index is 2.22. The quantitative estimate of drug-likeness (QED) is 0.498. The molecular weight excluding hydrogens is 170 g/mol. The lowest BCUT2D eigenvalue weighted by Gasteiger charge is -2.12. The molecule has 0 aromatic heterocycles. The summed E-state index contributed by atoms with van der Waals surface area (Å²) in [6.07, 6.45) is 0. The van der Waals surface area contributed by atoms with Crippen LogP contribution in [0.4, 0.5) is 0 Å². The van der Waals surface area contributed by atoms with Crippen molar-refractivity contribution < 1.29 is 14.3 Å². The predicted octanol–water partition coefficient (Wildman–Crippen LogP) is 0.0315. The van der Waals surface area contributed by atoms with Crippen LogP contribution >= 0.6 is 0 Å². The molecule has 0 radical (unpaired) electrons. The summed E-state index contributed by atoms with van der Waals surface area (Å²) in [5.74, 6) is 0.307. The van der Waals surface area contributed by atoms with Gasteiger partial charge in [0.25, 0.3) is 0 Å². The van der Waals surface area contributed by atoms with Crippen LogP contribution in [0.3, 0.4) is 0 Å². The molecule has 4 nitrogen and oxygen atoms in total. The fourth-order valence-corrected chi connectivity index (χ4v) is 1.46. The van der Waals surface area contributed by atoms with Gasteiger partial charge >= 0.3 is 5.97 Å². The summed E-state index contributed by atoms with van der Waals surface area (Å²) in [7, 11) is 1.59. The third-order valence-corrected chi connectivity index (χ3v) is 2.35. The van der Waals surface area contributed by atoms with Gasteiger partial charge in [0.2, 0.25) is 0 Å². The van der Waals surface area contributed by atoms with E-state index in [0.29, 0.717) is 19.1 Å². The predicted molar refractivity (Wildman–Crippen MR) is 48.4 cm³/mol. The third-order valence-electron chi connectivity index (χ3n) is 2.35. The average Bonchev–Trinajstić information content (AvgIpc) is 2.52. The minimum Gasteiger partial charge on any atom is -0.463 e. The van der Waals surface area contributed by atoms with E-state index in [1.165, 1.54) is 0 Å². The first-order valence-corrected chi connectivity index (χ1v) is 4.62. The molecule has 1 N–H and O–H groups in total. The van der Waals surface area contributed by atoms with E-state index in [-0.39, 0.29) is 11.9 Å². The van der Waals surface area contributed by atoms with Crippen LogP contribution in [0.25, 0.3) is 0 Å². The second kappa shape index (κ2) is 5.19. The summed E-state index contributed by atoms with van der Waals surface area (Å²) in [5.41, 5.74) is 0. The Morgan fingerprint density at radius 1 is 1.46 bits per heavy atom. The number of hydrogen-bond acceptors (Lipinski definition) is 4. The Morgan fingerprint density at radius 3 is 2.77 bits per heavy atom. The van der Waals surface area contributed by atoms with Crippen molar-refractivity contribution >= 4 is 5.97 Å². The number of ether oxygens (including phenoxy) is 2. The van der Waals surface area contributed by atoms with Crippen molar-refractivity contribution in [3.8, 4) is 0 Å². The number of carbonyl (C=O) groups excluding carboxylic acids is 1. The summed E-state index contributed by atoms with van der Waals surface area (Å²) in [5, 5.41) is 3.16. The lowest BCUT2D eigenvalue weighted by atomic mass is 9.99. The summed E-state index contributed by atoms with van der Waals surface area (Å²) >= 11 is 0. The van der Waals surface area contributed by atoms with Crippen LogP contribution in [0.15, 0.2) is 0 Å². The normalized spacial score (nSPS) is 27.5. The molecule has 0 aliphatic carbocycles. The number of nitrogens with one attached hydrogen (secondary N) is 1. The van der Waals surface area contributed by atoms with Crippen LogP contribution in [-0.2, 0) is 14.3 Å². The Morgan fingerprint density at radius 2 is 2.23 bits per heavy atom. The highest BCUT2D eigenvalue weighted by Gasteiger charge is 2.30. The number of methoxy groups -OCH3 is 1. The summed E-state index contributed by atoms with van der Waals surface area (Å²) in [4.78, 5) is 11.4. The van der Waals surface area contributed by atoms with Crippen molar-refractivity contribution in [2.24, 2.45) is 11.8 Å². The van der Waals surface area contributed by atoms with Crippen LogP contribution in [0.1, 0.15) is 6.92 Å². The molecule has 0 aromatic rings. The van der Waals surface area contributed by atoms with Gasteiger partial charge in [-0.25, -0.2) is 0 Å². The van der Waals surface area contributed by atoms with Crippen LogP contribution in [0.5, 0.6) is 0 Å². The largest absolute Gasteiger partial charge is 0.463 e. The van der Waals surface area contributed by atoms with Crippen molar-refractivity contribution in [1.29, 1.82) is 0 Å². The lowest BCUT2D eigenvalue weighted by Crippen LogP contribution is -2.24. The summed E-state index contributed by atoms with van der Waals surface area (Å²) in [6.45, 7) is 4.54. The first kappa shape index (κ1) is 10.5. The van der Waals surface area contributed by atoms with Gasteiger partial charge in [0, 0.05) is 13.7 Å². The molecule has 1 fully saturated rings. The summed E-state index contributed by atoms with van der Waals surface area (Å²) < 4.78 is 9.82. The van der Waals surface area contributed by atoms with Gasteiger partial charge in [-0.15, -0.1) is 0 Å². The number of rotatable bonds is 4. The number of carbonyl (C=O) groups is 1. The number of esters is 1. The molecule has 1 rings (SSSR count). The highest BCUT2D eigenvalue weighted by Crippen LogP contribution is 2.16. The number of hydrogen-bond donors (Lipinski definition) is 1. The topological polar surface area (TPSA) is 47.6 Å². The van der Waals surface area contributed by atoms with E-state index in [2.05, 4.69) is 12.2 Å². The Labute approximate surface area is 78.6 Å². The molecule has 0 spiro atoms. The molecule has 1 aliphatic rings. The van der Waals surface area contributed by atoms with Crippen LogP contribution < -0.4 is 5.32 Å². The van der Waals surface area contributed by atoms with Crippen LogP contribution in [-0.4, -0.2) is 39.4 Å². The van der Waals surface area contributed by atoms with Gasteiger partial charge in [0.05, 0.1) is 12.5 Å². The smallest absolute Gasteiger partial charge is 0.310 e. The van der Waals surface area contributed by atoms with Gasteiger partial charge in [-0.05, 0) is 12.5 Å². The van der Waals surface area contributed by atoms with E-state index in [1.807, 2.05) is 0 Å². The molecule has 13 heavy (non-hydrogen) atoms. The monoisotopic (exact) mass is 187 g/mol. The minimum atomic E-state index is -0.102. The van der Waals surface area contributed by atoms with E-state index in [4.69, 9.17) is 9.47 Å². The second-order valence-corrected chi connectivity index (χ2v) is 3.40. The highest BCUT2D eigenvalue weighted by atomic mass is 16.6. The van der Waals surface area contributed by atoms with Gasteiger partial charge in [-0.2, -0.15) is 0 Å². The molecule has 0 bridgehead atoms. The Hall–Kier alpha value is -0.610. The standard InChI is InChI=1S/C9H17NO3/c1-7-5-10-6-8(7)9(11)13-4-3-12-2/h7-8,10H,3-6H2,1-2H3/t7-,8-/m1/s1. The second-order valence-electron chi connectivity index (χ2n) is 3.40. The Bertz CT molecular complexity index is 172. The maximum atomic E-state index is 11.4. The fraction of sp³-hybridized carbons (Fsp3) is 0.889. The van der Waals surface area contributed by atoms with Crippen molar-refractivity contribution in [2.45, 2.75) is 6.92 Å². The van der Waals surface area contributed by atoms with E-state index < -0.39 is 0 Å². The fourth-order valence-electron chi connectivity index (χ4n) is 1.46. The van der Waals surface area contributed by atoms with E-state index in [0.717, 1.165) is 13.1 Å². The molecule has 1 aliphatic heterocycles. The lowest BCUT2D eigenvalue weighted by molar-refractivity contribution is -0.150. The molecule has 0 unspecified atom stereocenters. The van der Waals surface area contributed by atoms with Gasteiger partial charge in [0.15, 0.2) is 0 Å². The first-order valence-electron chi connectivity index (χ1n) is 4.62. The maximum Gasteiger partial charge on any atom is 0.310 e. The SMILES string of the molecule is COCCOC(=O)[C@@H]1CNC[C@H]1C. The van der Waals surface area contributed by atoms with E-state index >= 15 is 0 Å². The highest BCUT2D eigenvalue weighted by molar-refractivity contribution is 5.73. The maximum absolute atomic E-state index is 11.4. The molecule has 1 saturated heterocycles. The molecule has 2 atom stereocenters. The van der Waals surface area contributed by atoms with Crippen LogP contribution in [0, 0.1) is 11.8 Å². The first-order chi connectivity index (χ1) is 6.25. The molecule has 0 saturated carbocycles. The summed E-state index contributed by atoms with van der Waals surface area (Å²) in [6, 6.07) is 0.